The molecule has 46 heavy (non-hydrogen) atoms. The smallest absolute Gasteiger partial charge is 0.330 e. The van der Waals surface area contributed by atoms with E-state index < -0.39 is 105 Å². The van der Waals surface area contributed by atoms with Crippen LogP contribution >= 0.6 is 0 Å². The lowest BCUT2D eigenvalue weighted by Crippen LogP contribution is -2.47. The van der Waals surface area contributed by atoms with Crippen LogP contribution in [0.3, 0.4) is 0 Å². The first kappa shape index (κ1) is 42.6. The molecule has 0 aromatic carbocycles. The highest BCUT2D eigenvalue weighted by Gasteiger charge is 2.40. The number of hydrogen-bond donors (Lipinski definition) is 1. The molecule has 0 bridgehead atoms. The third-order valence-corrected chi connectivity index (χ3v) is 5.11. The number of ether oxygens (including phenoxy) is 7. The van der Waals surface area contributed by atoms with Crippen molar-refractivity contribution in [3.63, 3.8) is 0 Å². The first-order valence-electron chi connectivity index (χ1n) is 12.9. The van der Waals surface area contributed by atoms with E-state index in [1.54, 1.807) is 0 Å². The van der Waals surface area contributed by atoms with Crippen LogP contribution in [0, 0.1) is 10.8 Å². The Morgan fingerprint density at radius 3 is 0.696 bits per heavy atom. The molecule has 1 N–H and O–H groups in total. The van der Waals surface area contributed by atoms with E-state index in [-0.39, 0.29) is 0 Å². The van der Waals surface area contributed by atoms with Gasteiger partial charge in [0.2, 0.25) is 0 Å². The Labute approximate surface area is 266 Å². The van der Waals surface area contributed by atoms with Crippen molar-refractivity contribution in [2.75, 3.05) is 52.9 Å². The van der Waals surface area contributed by atoms with Crippen molar-refractivity contribution in [2.45, 2.75) is 0 Å². The maximum atomic E-state index is 11.8. The minimum atomic E-state index is -1.49. The van der Waals surface area contributed by atoms with E-state index in [1.807, 2.05) is 0 Å². The third kappa shape index (κ3) is 19.6. The second kappa shape index (κ2) is 23.8. The molecule has 0 spiro atoms. The zero-order chi connectivity index (χ0) is 35.6. The van der Waals surface area contributed by atoms with E-state index in [9.17, 15) is 33.6 Å². The van der Waals surface area contributed by atoms with Gasteiger partial charge in [0.25, 0.3) is 0 Å². The summed E-state index contributed by atoms with van der Waals surface area (Å²) in [4.78, 5) is 80.1. The standard InChI is InChI=1S/C28H34O13.C3H4O2/c1-7-21(29)36-15-27(16-37-22(30)8-2,17-38-23(31)9-3)13-35-14-28(18-39-24(32)10-4,19-40-25(33)11-5)20-41-26(34)12-6;1-2-3(4)5/h7-12H,1-6,13-20H2;2H,1H2,(H,4,5). The van der Waals surface area contributed by atoms with Gasteiger partial charge in [-0.1, -0.05) is 46.1 Å². The molecule has 0 saturated heterocycles. The van der Waals surface area contributed by atoms with Crippen molar-refractivity contribution in [1.82, 2.24) is 0 Å². The van der Waals surface area contributed by atoms with Gasteiger partial charge in [-0.25, -0.2) is 33.6 Å². The Morgan fingerprint density at radius 1 is 0.391 bits per heavy atom. The summed E-state index contributed by atoms with van der Waals surface area (Å²) < 4.78 is 36.7. The van der Waals surface area contributed by atoms with Gasteiger partial charge in [0, 0.05) is 42.5 Å². The molecule has 0 amide bonds. The number of rotatable bonds is 23. The van der Waals surface area contributed by atoms with Crippen LogP contribution in [-0.4, -0.2) is 99.7 Å². The number of carbonyl (C=O) groups excluding carboxylic acids is 6. The number of carboxylic acid groups (broad SMARTS) is 1. The lowest BCUT2D eigenvalue weighted by Gasteiger charge is -2.35. The highest BCUT2D eigenvalue weighted by Crippen LogP contribution is 2.26. The van der Waals surface area contributed by atoms with Gasteiger partial charge in [0.15, 0.2) is 0 Å². The Morgan fingerprint density at radius 2 is 0.565 bits per heavy atom. The van der Waals surface area contributed by atoms with Gasteiger partial charge >= 0.3 is 41.8 Å². The minimum Gasteiger partial charge on any atom is -0.478 e. The second-order valence-corrected chi connectivity index (χ2v) is 8.91. The van der Waals surface area contributed by atoms with E-state index in [0.29, 0.717) is 0 Å². The summed E-state index contributed by atoms with van der Waals surface area (Å²) in [5, 5.41) is 7.60. The van der Waals surface area contributed by atoms with Crippen LogP contribution in [0.1, 0.15) is 0 Å². The first-order valence-corrected chi connectivity index (χ1v) is 12.9. The average molecular weight is 651 g/mol. The summed E-state index contributed by atoms with van der Waals surface area (Å²) in [6.45, 7) is 19.1. The molecule has 252 valence electrons. The number of aliphatic carboxylic acids is 1. The molecule has 0 heterocycles. The van der Waals surface area contributed by atoms with Gasteiger partial charge in [-0.15, -0.1) is 0 Å². The average Bonchev–Trinajstić information content (AvgIpc) is 3.07. The van der Waals surface area contributed by atoms with Gasteiger partial charge in [0.1, 0.15) is 39.6 Å². The topological polar surface area (TPSA) is 204 Å². The molecular weight excluding hydrogens is 612 g/mol. The molecule has 0 aliphatic carbocycles. The molecule has 0 aromatic heterocycles. The molecule has 15 heteroatoms. The number of carbonyl (C=O) groups is 7. The monoisotopic (exact) mass is 650 g/mol. The van der Waals surface area contributed by atoms with Crippen molar-refractivity contribution in [3.05, 3.63) is 88.6 Å². The van der Waals surface area contributed by atoms with E-state index in [2.05, 4.69) is 46.1 Å². The van der Waals surface area contributed by atoms with E-state index in [4.69, 9.17) is 38.3 Å². The zero-order valence-electron chi connectivity index (χ0n) is 25.3. The summed E-state index contributed by atoms with van der Waals surface area (Å²) in [5.74, 6) is -5.99. The highest BCUT2D eigenvalue weighted by molar-refractivity contribution is 5.83. The van der Waals surface area contributed by atoms with Gasteiger partial charge in [-0.05, 0) is 0 Å². The van der Waals surface area contributed by atoms with E-state index in [0.717, 1.165) is 42.5 Å². The van der Waals surface area contributed by atoms with Crippen molar-refractivity contribution in [2.24, 2.45) is 10.8 Å². The predicted molar refractivity (Wildman–Crippen MR) is 160 cm³/mol. The fraction of sp³-hybridized carbons (Fsp3) is 0.323. The maximum absolute atomic E-state index is 11.8. The Bertz CT molecular complexity index is 965. The number of hydrogen-bond acceptors (Lipinski definition) is 14. The van der Waals surface area contributed by atoms with Gasteiger partial charge in [-0.3, -0.25) is 0 Å². The largest absolute Gasteiger partial charge is 0.478 e. The van der Waals surface area contributed by atoms with E-state index in [1.165, 1.54) is 0 Å². The molecular formula is C31H38O15. The SMILES string of the molecule is C=CC(=O)O.C=CC(=O)OCC(COCC(COC(=O)C=C)(COC(=O)C=C)COC(=O)C=C)(COC(=O)C=C)COC(=O)C=C. The van der Waals surface area contributed by atoms with Gasteiger partial charge < -0.3 is 38.3 Å². The molecule has 0 saturated carbocycles. The maximum Gasteiger partial charge on any atom is 0.330 e. The van der Waals surface area contributed by atoms with Crippen molar-refractivity contribution < 1.29 is 71.8 Å². The number of carboxylic acids is 1. The van der Waals surface area contributed by atoms with Crippen LogP contribution in [0.25, 0.3) is 0 Å². The van der Waals surface area contributed by atoms with Crippen LogP contribution in [0.2, 0.25) is 0 Å². The summed E-state index contributed by atoms with van der Waals surface area (Å²) in [7, 11) is 0. The van der Waals surface area contributed by atoms with E-state index >= 15 is 0 Å². The first-order chi connectivity index (χ1) is 21.7. The van der Waals surface area contributed by atoms with Gasteiger partial charge in [0.05, 0.1) is 24.0 Å². The summed E-state index contributed by atoms with van der Waals surface area (Å²) in [6, 6.07) is 0. The molecule has 0 atom stereocenters. The molecule has 0 aromatic rings. The quantitative estimate of drug-likeness (QED) is 0.0948. The molecule has 0 unspecified atom stereocenters. The zero-order valence-corrected chi connectivity index (χ0v) is 25.3. The predicted octanol–water partition coefficient (Wildman–Crippen LogP) is 1.61. The van der Waals surface area contributed by atoms with Crippen molar-refractivity contribution in [1.29, 1.82) is 0 Å². The van der Waals surface area contributed by atoms with Crippen LogP contribution in [-0.2, 0) is 66.7 Å². The Hall–Kier alpha value is -5.57. The molecule has 0 rings (SSSR count). The minimum absolute atomic E-state index is 0.422. The number of esters is 6. The Balaban J connectivity index is 0. The molecule has 0 fully saturated rings. The Kier molecular flexibility index (Phi) is 22.1. The molecule has 0 aliphatic rings. The normalized spacial score (nSPS) is 10.1. The van der Waals surface area contributed by atoms with Crippen LogP contribution in [0.5, 0.6) is 0 Å². The van der Waals surface area contributed by atoms with Gasteiger partial charge in [-0.2, -0.15) is 0 Å². The highest BCUT2D eigenvalue weighted by atomic mass is 16.6. The lowest BCUT2D eigenvalue weighted by atomic mass is 9.90. The van der Waals surface area contributed by atoms with Crippen molar-refractivity contribution in [3.8, 4) is 0 Å². The van der Waals surface area contributed by atoms with Crippen LogP contribution < -0.4 is 0 Å². The molecule has 15 nitrogen and oxygen atoms in total. The fourth-order valence-electron chi connectivity index (χ4n) is 2.68. The molecule has 0 aliphatic heterocycles. The summed E-state index contributed by atoms with van der Waals surface area (Å²) in [6.07, 6.45) is 6.15. The second-order valence-electron chi connectivity index (χ2n) is 8.91. The fourth-order valence-corrected chi connectivity index (χ4v) is 2.68. The van der Waals surface area contributed by atoms with Crippen molar-refractivity contribution >= 4 is 41.8 Å². The molecule has 0 radical (unpaired) electrons. The summed E-state index contributed by atoms with van der Waals surface area (Å²) >= 11 is 0. The lowest BCUT2D eigenvalue weighted by molar-refractivity contribution is -0.169. The third-order valence-electron chi connectivity index (χ3n) is 5.11. The van der Waals surface area contributed by atoms with Crippen LogP contribution in [0.4, 0.5) is 0 Å². The van der Waals surface area contributed by atoms with Crippen LogP contribution in [0.15, 0.2) is 88.6 Å². The summed E-state index contributed by atoms with van der Waals surface area (Å²) in [5.41, 5.74) is -2.98.